The van der Waals surface area contributed by atoms with Gasteiger partial charge in [-0.1, -0.05) is 61.7 Å². The number of amides is 2. The first-order valence-corrected chi connectivity index (χ1v) is 12.9. The van der Waals surface area contributed by atoms with Gasteiger partial charge in [0.15, 0.2) is 0 Å². The molecule has 4 rings (SSSR count). The Labute approximate surface area is 206 Å². The molecule has 1 saturated carbocycles. The van der Waals surface area contributed by atoms with Gasteiger partial charge in [0, 0.05) is 11.7 Å². The second kappa shape index (κ2) is 10.5. The van der Waals surface area contributed by atoms with Crippen molar-refractivity contribution in [2.75, 3.05) is 4.90 Å². The number of aryl methyl sites for hydroxylation is 3. The van der Waals surface area contributed by atoms with Crippen LogP contribution in [0.25, 0.3) is 0 Å². The number of thiazole rings is 1. The van der Waals surface area contributed by atoms with E-state index in [0.717, 1.165) is 53.1 Å². The van der Waals surface area contributed by atoms with Gasteiger partial charge in [-0.2, -0.15) is 0 Å². The molecule has 1 N–H and O–H groups in total. The van der Waals surface area contributed by atoms with E-state index in [-0.39, 0.29) is 17.9 Å². The highest BCUT2D eigenvalue weighted by atomic mass is 32.1. The number of nitrogens with zero attached hydrogens (tertiary/aromatic N) is 2. The van der Waals surface area contributed by atoms with Crippen LogP contribution >= 0.6 is 11.3 Å². The summed E-state index contributed by atoms with van der Waals surface area (Å²) in [5.74, 6) is -0.323. The lowest BCUT2D eigenvalue weighted by Gasteiger charge is -2.34. The highest BCUT2D eigenvalue weighted by Crippen LogP contribution is 2.35. The van der Waals surface area contributed by atoms with Crippen molar-refractivity contribution < 1.29 is 9.59 Å². The smallest absolute Gasteiger partial charge is 0.271 e. The van der Waals surface area contributed by atoms with Crippen LogP contribution in [-0.2, 0) is 4.79 Å². The standard InChI is InChI=1S/C28H33N3O2S/c1-18-12-11-17-24(19(18)2)31(28(33)26-20(3)29-21(4)34-26)25(22-13-7-5-8-14-22)27(32)30-23-15-9-6-10-16-23/h5,7-8,11-14,17,23,25H,6,9-10,15-16H2,1-4H3,(H,30,32)/t25-/m1/s1. The maximum atomic E-state index is 14.2. The molecule has 1 heterocycles. The molecule has 0 aliphatic heterocycles. The molecule has 2 amide bonds. The molecule has 1 fully saturated rings. The van der Waals surface area contributed by atoms with Gasteiger partial charge >= 0.3 is 0 Å². The summed E-state index contributed by atoms with van der Waals surface area (Å²) in [6.45, 7) is 7.80. The fourth-order valence-corrected chi connectivity index (χ4v) is 5.64. The van der Waals surface area contributed by atoms with E-state index in [2.05, 4.69) is 10.3 Å². The summed E-state index contributed by atoms with van der Waals surface area (Å²) in [5.41, 5.74) is 4.31. The third kappa shape index (κ3) is 5.07. The Hall–Kier alpha value is -2.99. The molecule has 0 saturated heterocycles. The molecule has 0 radical (unpaired) electrons. The first-order chi connectivity index (χ1) is 16.4. The Kier molecular flexibility index (Phi) is 7.47. The van der Waals surface area contributed by atoms with Crippen LogP contribution in [0.2, 0.25) is 0 Å². The van der Waals surface area contributed by atoms with Crippen LogP contribution in [0.1, 0.15) is 75.2 Å². The Morgan fingerprint density at radius 2 is 1.68 bits per heavy atom. The van der Waals surface area contributed by atoms with Gasteiger partial charge in [0.1, 0.15) is 10.9 Å². The molecule has 1 atom stereocenters. The van der Waals surface area contributed by atoms with Gasteiger partial charge in [0.05, 0.1) is 10.7 Å². The Morgan fingerprint density at radius 1 is 0.971 bits per heavy atom. The van der Waals surface area contributed by atoms with Gasteiger partial charge in [0.2, 0.25) is 5.91 Å². The number of hydrogen-bond donors (Lipinski definition) is 1. The number of nitrogens with one attached hydrogen (secondary N) is 1. The molecule has 0 unspecified atom stereocenters. The highest BCUT2D eigenvalue weighted by molar-refractivity contribution is 7.13. The zero-order valence-electron chi connectivity index (χ0n) is 20.4. The molecule has 1 aliphatic carbocycles. The van der Waals surface area contributed by atoms with Crippen molar-refractivity contribution in [2.24, 2.45) is 0 Å². The number of benzene rings is 2. The summed E-state index contributed by atoms with van der Waals surface area (Å²) in [5, 5.41) is 4.12. The lowest BCUT2D eigenvalue weighted by molar-refractivity contribution is -0.123. The first-order valence-electron chi connectivity index (χ1n) is 12.1. The average molecular weight is 476 g/mol. The SMILES string of the molecule is Cc1nc(C)c(C(=O)N(c2cccc(C)c2C)[C@@H](C(=O)NC2CCCCC2)c2ccccc2)s1. The summed E-state index contributed by atoms with van der Waals surface area (Å²) < 4.78 is 0. The van der Waals surface area contributed by atoms with Gasteiger partial charge < -0.3 is 5.32 Å². The van der Waals surface area contributed by atoms with Crippen molar-refractivity contribution in [3.63, 3.8) is 0 Å². The number of aromatic nitrogens is 1. The van der Waals surface area contributed by atoms with Gasteiger partial charge in [0.25, 0.3) is 5.91 Å². The van der Waals surface area contributed by atoms with Crippen molar-refractivity contribution in [3.8, 4) is 0 Å². The van der Waals surface area contributed by atoms with E-state index in [0.29, 0.717) is 10.6 Å². The fraction of sp³-hybridized carbons (Fsp3) is 0.393. The van der Waals surface area contributed by atoms with Crippen LogP contribution in [0.15, 0.2) is 48.5 Å². The lowest BCUT2D eigenvalue weighted by atomic mass is 9.94. The quantitative estimate of drug-likeness (QED) is 0.461. The molecule has 6 heteroatoms. The van der Waals surface area contributed by atoms with Gasteiger partial charge in [-0.3, -0.25) is 14.5 Å². The summed E-state index contributed by atoms with van der Waals surface area (Å²) in [4.78, 5) is 34.9. The normalized spacial score (nSPS) is 15.1. The Bertz CT molecular complexity index is 1170. The summed E-state index contributed by atoms with van der Waals surface area (Å²) in [7, 11) is 0. The van der Waals surface area contributed by atoms with Gasteiger partial charge in [-0.05, 0) is 63.3 Å². The molecule has 0 spiro atoms. The van der Waals surface area contributed by atoms with E-state index in [1.165, 1.54) is 17.8 Å². The predicted octanol–water partition coefficient (Wildman–Crippen LogP) is 6.21. The molecular formula is C28H33N3O2S. The third-order valence-corrected chi connectivity index (χ3v) is 7.79. The van der Waals surface area contributed by atoms with E-state index < -0.39 is 6.04 Å². The third-order valence-electron chi connectivity index (χ3n) is 6.73. The molecule has 5 nitrogen and oxygen atoms in total. The summed E-state index contributed by atoms with van der Waals surface area (Å²) >= 11 is 1.38. The van der Waals surface area contributed by atoms with Crippen molar-refractivity contribution in [1.29, 1.82) is 0 Å². The van der Waals surface area contributed by atoms with Crippen molar-refractivity contribution in [2.45, 2.75) is 71.9 Å². The van der Waals surface area contributed by atoms with E-state index in [1.807, 2.05) is 76.2 Å². The van der Waals surface area contributed by atoms with Crippen LogP contribution in [0.5, 0.6) is 0 Å². The van der Waals surface area contributed by atoms with E-state index in [1.54, 1.807) is 4.90 Å². The van der Waals surface area contributed by atoms with Crippen LogP contribution in [0.3, 0.4) is 0 Å². The predicted molar refractivity (Wildman–Crippen MR) is 139 cm³/mol. The van der Waals surface area contributed by atoms with Crippen LogP contribution in [0.4, 0.5) is 5.69 Å². The highest BCUT2D eigenvalue weighted by Gasteiger charge is 2.36. The fourth-order valence-electron chi connectivity index (χ4n) is 4.78. The molecular weight excluding hydrogens is 442 g/mol. The minimum absolute atomic E-state index is 0.133. The van der Waals surface area contributed by atoms with E-state index >= 15 is 0 Å². The molecule has 2 aromatic carbocycles. The van der Waals surface area contributed by atoms with Crippen molar-refractivity contribution in [1.82, 2.24) is 10.3 Å². The topological polar surface area (TPSA) is 62.3 Å². The monoisotopic (exact) mass is 475 g/mol. The molecule has 0 bridgehead atoms. The van der Waals surface area contributed by atoms with Crippen LogP contribution in [0, 0.1) is 27.7 Å². The van der Waals surface area contributed by atoms with Crippen molar-refractivity contribution in [3.05, 3.63) is 80.8 Å². The maximum absolute atomic E-state index is 14.2. The number of carbonyl (C=O) groups excluding carboxylic acids is 2. The largest absolute Gasteiger partial charge is 0.351 e. The second-order valence-electron chi connectivity index (χ2n) is 9.20. The Balaban J connectivity index is 1.85. The number of carbonyl (C=O) groups is 2. The second-order valence-corrected chi connectivity index (χ2v) is 10.4. The van der Waals surface area contributed by atoms with Gasteiger partial charge in [-0.15, -0.1) is 11.3 Å². The average Bonchev–Trinajstić information content (AvgIpc) is 3.18. The van der Waals surface area contributed by atoms with E-state index in [9.17, 15) is 9.59 Å². The lowest BCUT2D eigenvalue weighted by Crippen LogP contribution is -2.47. The zero-order chi connectivity index (χ0) is 24.2. The first kappa shape index (κ1) is 24.1. The minimum Gasteiger partial charge on any atom is -0.351 e. The summed E-state index contributed by atoms with van der Waals surface area (Å²) in [6, 6.07) is 14.9. The van der Waals surface area contributed by atoms with Crippen molar-refractivity contribution >= 4 is 28.8 Å². The summed E-state index contributed by atoms with van der Waals surface area (Å²) in [6.07, 6.45) is 5.43. The van der Waals surface area contributed by atoms with Gasteiger partial charge in [-0.25, -0.2) is 4.98 Å². The molecule has 1 aromatic heterocycles. The minimum atomic E-state index is -0.780. The molecule has 34 heavy (non-hydrogen) atoms. The maximum Gasteiger partial charge on any atom is 0.271 e. The number of rotatable bonds is 6. The Morgan fingerprint density at radius 3 is 2.32 bits per heavy atom. The molecule has 178 valence electrons. The van der Waals surface area contributed by atoms with Crippen LogP contribution in [-0.4, -0.2) is 22.8 Å². The number of anilines is 1. The molecule has 3 aromatic rings. The number of hydrogen-bond acceptors (Lipinski definition) is 4. The van der Waals surface area contributed by atoms with Crippen LogP contribution < -0.4 is 10.2 Å². The molecule has 1 aliphatic rings. The van der Waals surface area contributed by atoms with E-state index in [4.69, 9.17) is 0 Å². The zero-order valence-corrected chi connectivity index (χ0v) is 21.2.